The molecule has 1 aliphatic rings. The summed E-state index contributed by atoms with van der Waals surface area (Å²) in [7, 11) is -0.105. The van der Waals surface area contributed by atoms with Crippen LogP contribution in [0, 0.1) is 0 Å². The van der Waals surface area contributed by atoms with Gasteiger partial charge in [-0.15, -0.1) is 0 Å². The monoisotopic (exact) mass is 536 g/mol. The normalized spacial score (nSPS) is 14.3. The van der Waals surface area contributed by atoms with Crippen molar-refractivity contribution in [1.82, 2.24) is 14.1 Å². The van der Waals surface area contributed by atoms with E-state index in [1.165, 1.54) is 35.6 Å². The first kappa shape index (κ1) is 27.3. The number of hydrogen-bond acceptors (Lipinski definition) is 6. The molecule has 3 aromatic carbocycles. The van der Waals surface area contributed by atoms with Crippen LogP contribution >= 0.6 is 0 Å². The van der Waals surface area contributed by atoms with E-state index in [0.717, 1.165) is 18.7 Å². The highest BCUT2D eigenvalue weighted by atomic mass is 32.2. The van der Waals surface area contributed by atoms with Crippen molar-refractivity contribution in [2.75, 3.05) is 52.2 Å². The average molecular weight is 537 g/mol. The summed E-state index contributed by atoms with van der Waals surface area (Å²) < 4.78 is 32.6. The van der Waals surface area contributed by atoms with Gasteiger partial charge >= 0.3 is 0 Å². The maximum Gasteiger partial charge on any atom is 0.262 e. The molecule has 1 N–H and O–H groups in total. The second-order valence-corrected chi connectivity index (χ2v) is 11.3. The number of benzene rings is 3. The molecule has 3 aromatic rings. The highest BCUT2D eigenvalue weighted by Crippen LogP contribution is 2.20. The fourth-order valence-corrected chi connectivity index (χ4v) is 5.21. The minimum absolute atomic E-state index is 0.0176. The number of rotatable bonds is 9. The van der Waals surface area contributed by atoms with Gasteiger partial charge in [0.25, 0.3) is 11.8 Å². The van der Waals surface area contributed by atoms with E-state index in [1.807, 2.05) is 42.3 Å². The summed E-state index contributed by atoms with van der Waals surface area (Å²) in [6.45, 7) is 3.10. The molecule has 0 radical (unpaired) electrons. The molecule has 4 rings (SSSR count). The number of anilines is 1. The summed E-state index contributed by atoms with van der Waals surface area (Å²) in [4.78, 5) is 29.2. The van der Waals surface area contributed by atoms with Crippen LogP contribution in [0.1, 0.15) is 15.9 Å². The first-order valence-electron chi connectivity index (χ1n) is 12.3. The third-order valence-electron chi connectivity index (χ3n) is 6.36. The molecule has 1 fully saturated rings. The van der Waals surface area contributed by atoms with Gasteiger partial charge in [0.05, 0.1) is 4.90 Å². The quantitative estimate of drug-likeness (QED) is 0.452. The van der Waals surface area contributed by atoms with Crippen molar-refractivity contribution in [3.8, 4) is 5.75 Å². The van der Waals surface area contributed by atoms with Crippen LogP contribution in [0.15, 0.2) is 83.8 Å². The molecule has 9 nitrogen and oxygen atoms in total. The van der Waals surface area contributed by atoms with Crippen molar-refractivity contribution in [3.63, 3.8) is 0 Å². The van der Waals surface area contributed by atoms with E-state index in [-0.39, 0.29) is 29.9 Å². The van der Waals surface area contributed by atoms with E-state index in [9.17, 15) is 18.0 Å². The van der Waals surface area contributed by atoms with Gasteiger partial charge in [-0.1, -0.05) is 30.3 Å². The third-order valence-corrected chi connectivity index (χ3v) is 8.17. The molecule has 2 amide bonds. The Bertz CT molecular complexity index is 1340. The van der Waals surface area contributed by atoms with E-state index in [1.54, 1.807) is 24.3 Å². The fraction of sp³-hybridized carbons (Fsp3) is 0.286. The molecule has 38 heavy (non-hydrogen) atoms. The molecule has 1 aliphatic heterocycles. The van der Waals surface area contributed by atoms with Gasteiger partial charge in [-0.2, -0.15) is 4.31 Å². The predicted molar refractivity (Wildman–Crippen MR) is 146 cm³/mol. The number of nitrogens with zero attached hydrogens (tertiary/aromatic N) is 3. The summed E-state index contributed by atoms with van der Waals surface area (Å²) in [5.74, 6) is -0.0172. The minimum Gasteiger partial charge on any atom is -0.484 e. The van der Waals surface area contributed by atoms with Crippen LogP contribution in [0.2, 0.25) is 0 Å². The first-order chi connectivity index (χ1) is 18.2. The van der Waals surface area contributed by atoms with Crippen molar-refractivity contribution >= 4 is 27.5 Å². The van der Waals surface area contributed by atoms with Gasteiger partial charge in [0.1, 0.15) is 5.75 Å². The van der Waals surface area contributed by atoms with Crippen molar-refractivity contribution in [2.24, 2.45) is 0 Å². The Labute approximate surface area is 223 Å². The Kier molecular flexibility index (Phi) is 8.77. The maximum absolute atomic E-state index is 12.9. The first-order valence-corrected chi connectivity index (χ1v) is 13.8. The molecule has 1 saturated heterocycles. The summed E-state index contributed by atoms with van der Waals surface area (Å²) in [6, 6.07) is 22.1. The number of carbonyl (C=O) groups excluding carboxylic acids is 2. The number of sulfonamides is 1. The lowest BCUT2D eigenvalue weighted by atomic mass is 10.1. The van der Waals surface area contributed by atoms with Crippen LogP contribution in [0.25, 0.3) is 0 Å². The smallest absolute Gasteiger partial charge is 0.262 e. The summed E-state index contributed by atoms with van der Waals surface area (Å²) in [5.41, 5.74) is 2.02. The molecule has 0 spiro atoms. The number of amides is 2. The molecule has 0 saturated carbocycles. The SMILES string of the molecule is CN1CCN(C(=O)c2ccc(NC(=O)COc3ccc(S(=O)(=O)N(C)Cc4ccccc4)cc3)cc2)CC1. The zero-order valence-electron chi connectivity index (χ0n) is 21.5. The second-order valence-electron chi connectivity index (χ2n) is 9.23. The molecule has 10 heteroatoms. The van der Waals surface area contributed by atoms with Crippen molar-refractivity contribution in [1.29, 1.82) is 0 Å². The third kappa shape index (κ3) is 6.97. The lowest BCUT2D eigenvalue weighted by Gasteiger charge is -2.32. The average Bonchev–Trinajstić information content (AvgIpc) is 2.93. The van der Waals surface area contributed by atoms with Crippen molar-refractivity contribution < 1.29 is 22.7 Å². The number of nitrogens with one attached hydrogen (secondary N) is 1. The van der Waals surface area contributed by atoms with Crippen molar-refractivity contribution in [3.05, 3.63) is 90.0 Å². The summed E-state index contributed by atoms with van der Waals surface area (Å²) in [5, 5.41) is 2.74. The van der Waals surface area contributed by atoms with Gasteiger partial charge in [-0.05, 0) is 61.1 Å². The Morgan fingerprint density at radius 2 is 1.53 bits per heavy atom. The number of piperazine rings is 1. The van der Waals surface area contributed by atoms with E-state index in [0.29, 0.717) is 30.1 Å². The van der Waals surface area contributed by atoms with Gasteiger partial charge in [-0.3, -0.25) is 9.59 Å². The second kappa shape index (κ2) is 12.2. The van der Waals surface area contributed by atoms with Gasteiger partial charge in [-0.25, -0.2) is 8.42 Å². The molecule has 200 valence electrons. The van der Waals surface area contributed by atoms with E-state index < -0.39 is 10.0 Å². The van der Waals surface area contributed by atoms with Gasteiger partial charge in [0.2, 0.25) is 10.0 Å². The molecule has 0 atom stereocenters. The molecular weight excluding hydrogens is 504 g/mol. The Morgan fingerprint density at radius 3 is 2.16 bits per heavy atom. The minimum atomic E-state index is -3.68. The number of ether oxygens (including phenoxy) is 1. The number of likely N-dealkylation sites (N-methyl/N-ethyl adjacent to an activating group) is 1. The zero-order valence-corrected chi connectivity index (χ0v) is 22.4. The Balaban J connectivity index is 1.26. The largest absolute Gasteiger partial charge is 0.484 e. The molecule has 0 unspecified atom stereocenters. The predicted octanol–water partition coefficient (Wildman–Crippen LogP) is 2.91. The lowest BCUT2D eigenvalue weighted by Crippen LogP contribution is -2.47. The molecule has 0 bridgehead atoms. The van der Waals surface area contributed by atoms with Gasteiger partial charge in [0.15, 0.2) is 6.61 Å². The van der Waals surface area contributed by atoms with Gasteiger partial charge in [0, 0.05) is 51.0 Å². The van der Waals surface area contributed by atoms with Crippen LogP contribution in [0.3, 0.4) is 0 Å². The van der Waals surface area contributed by atoms with Crippen LogP contribution in [-0.4, -0.2) is 81.2 Å². The molecule has 0 aromatic heterocycles. The highest BCUT2D eigenvalue weighted by Gasteiger charge is 2.22. The van der Waals surface area contributed by atoms with E-state index in [4.69, 9.17) is 4.74 Å². The summed E-state index contributed by atoms with van der Waals surface area (Å²) >= 11 is 0. The van der Waals surface area contributed by atoms with Crippen LogP contribution < -0.4 is 10.1 Å². The fourth-order valence-electron chi connectivity index (χ4n) is 4.05. The molecule has 0 aliphatic carbocycles. The maximum atomic E-state index is 12.9. The molecular formula is C28H32N4O5S. The Morgan fingerprint density at radius 1 is 0.895 bits per heavy atom. The van der Waals surface area contributed by atoms with E-state index in [2.05, 4.69) is 10.2 Å². The van der Waals surface area contributed by atoms with Crippen molar-refractivity contribution in [2.45, 2.75) is 11.4 Å². The standard InChI is InChI=1S/C28H32N4O5S/c1-30-16-18-32(19-17-30)28(34)23-8-10-24(11-9-23)29-27(33)21-37-25-12-14-26(15-13-25)38(35,36)31(2)20-22-6-4-3-5-7-22/h3-15H,16-21H2,1-2H3,(H,29,33). The number of hydrogen-bond donors (Lipinski definition) is 1. The van der Waals surface area contributed by atoms with Crippen LogP contribution in [0.5, 0.6) is 5.75 Å². The molecule has 1 heterocycles. The summed E-state index contributed by atoms with van der Waals surface area (Å²) in [6.07, 6.45) is 0. The zero-order chi connectivity index (χ0) is 27.1. The lowest BCUT2D eigenvalue weighted by molar-refractivity contribution is -0.118. The topological polar surface area (TPSA) is 99.3 Å². The van der Waals surface area contributed by atoms with Crippen LogP contribution in [-0.2, 0) is 21.4 Å². The van der Waals surface area contributed by atoms with Crippen LogP contribution in [0.4, 0.5) is 5.69 Å². The van der Waals surface area contributed by atoms with Gasteiger partial charge < -0.3 is 19.9 Å². The van der Waals surface area contributed by atoms with E-state index >= 15 is 0 Å². The number of carbonyl (C=O) groups is 2. The Hall–Kier alpha value is -3.73. The highest BCUT2D eigenvalue weighted by molar-refractivity contribution is 7.89.